The van der Waals surface area contributed by atoms with E-state index in [1.807, 2.05) is 20.8 Å². The molecule has 0 saturated heterocycles. The van der Waals surface area contributed by atoms with Crippen molar-refractivity contribution in [3.05, 3.63) is 34.4 Å². The van der Waals surface area contributed by atoms with Gasteiger partial charge in [-0.2, -0.15) is 0 Å². The van der Waals surface area contributed by atoms with Crippen molar-refractivity contribution in [1.82, 2.24) is 9.97 Å². The fourth-order valence-corrected chi connectivity index (χ4v) is 3.19. The minimum atomic E-state index is -0.294. The molecule has 0 aliphatic heterocycles. The zero-order valence-electron chi connectivity index (χ0n) is 13.4. The minimum absolute atomic E-state index is 0.294. The second-order valence-electron chi connectivity index (χ2n) is 4.94. The molecule has 0 aliphatic carbocycles. The minimum Gasteiger partial charge on any atom is -0.462 e. The van der Waals surface area contributed by atoms with E-state index in [1.54, 1.807) is 24.3 Å². The lowest BCUT2D eigenvalue weighted by molar-refractivity contribution is 0.0525. The lowest BCUT2D eigenvalue weighted by Crippen LogP contribution is -2.06. The molecule has 0 saturated carbocycles. The highest BCUT2D eigenvalue weighted by atomic mass is 32.1. The summed E-state index contributed by atoms with van der Waals surface area (Å²) in [6.07, 6.45) is 1.79. The third-order valence-electron chi connectivity index (χ3n) is 3.35. The van der Waals surface area contributed by atoms with Crippen LogP contribution in [0.3, 0.4) is 0 Å². The van der Waals surface area contributed by atoms with E-state index in [4.69, 9.17) is 4.74 Å². The van der Waals surface area contributed by atoms with E-state index in [0.717, 1.165) is 32.7 Å². The average Bonchev–Trinajstić information content (AvgIpc) is 2.97. The van der Waals surface area contributed by atoms with Crippen LogP contribution in [-0.4, -0.2) is 29.1 Å². The van der Waals surface area contributed by atoms with Crippen LogP contribution in [0.25, 0.3) is 11.4 Å². The number of H-pyrrole nitrogens is 1. The number of rotatable bonds is 6. The van der Waals surface area contributed by atoms with Crippen molar-refractivity contribution in [2.45, 2.75) is 27.7 Å². The Bertz CT molecular complexity index is 701. The van der Waals surface area contributed by atoms with Crippen LogP contribution in [0.15, 0.2) is 12.7 Å². The van der Waals surface area contributed by atoms with Gasteiger partial charge in [-0.1, -0.05) is 6.08 Å². The molecule has 0 aliphatic rings. The summed E-state index contributed by atoms with van der Waals surface area (Å²) in [6.45, 7) is 12.3. The predicted octanol–water partition coefficient (Wildman–Crippen LogP) is 3.84. The van der Waals surface area contributed by atoms with Gasteiger partial charge in [0.25, 0.3) is 0 Å². The Morgan fingerprint density at radius 1 is 1.45 bits per heavy atom. The Kier molecular flexibility index (Phi) is 5.03. The first kappa shape index (κ1) is 16.3. The van der Waals surface area contributed by atoms with Crippen molar-refractivity contribution >= 4 is 22.4 Å². The van der Waals surface area contributed by atoms with Crippen LogP contribution in [0.2, 0.25) is 0 Å². The van der Waals surface area contributed by atoms with Gasteiger partial charge in [0.1, 0.15) is 5.69 Å². The van der Waals surface area contributed by atoms with Crippen LogP contribution < -0.4 is 5.32 Å². The molecule has 0 radical (unpaired) electrons. The summed E-state index contributed by atoms with van der Waals surface area (Å²) in [4.78, 5) is 21.1. The van der Waals surface area contributed by atoms with Gasteiger partial charge in [-0.3, -0.25) is 0 Å². The van der Waals surface area contributed by atoms with Gasteiger partial charge in [0, 0.05) is 17.1 Å². The number of anilines is 1. The first-order valence-corrected chi connectivity index (χ1v) is 8.00. The molecule has 5 nitrogen and oxygen atoms in total. The van der Waals surface area contributed by atoms with Crippen LogP contribution in [0.4, 0.5) is 5.13 Å². The average molecular weight is 319 g/mol. The van der Waals surface area contributed by atoms with Crippen molar-refractivity contribution in [1.29, 1.82) is 0 Å². The van der Waals surface area contributed by atoms with Crippen LogP contribution >= 0.6 is 11.3 Å². The highest BCUT2D eigenvalue weighted by Crippen LogP contribution is 2.34. The molecule has 22 heavy (non-hydrogen) atoms. The zero-order valence-corrected chi connectivity index (χ0v) is 14.2. The smallest absolute Gasteiger partial charge is 0.340 e. The van der Waals surface area contributed by atoms with Gasteiger partial charge in [0.15, 0.2) is 5.13 Å². The molecule has 0 fully saturated rings. The molecule has 0 spiro atoms. The van der Waals surface area contributed by atoms with Crippen LogP contribution in [0.5, 0.6) is 0 Å². The van der Waals surface area contributed by atoms with E-state index >= 15 is 0 Å². The molecule has 0 bridgehead atoms. The normalized spacial score (nSPS) is 10.5. The molecule has 0 aromatic carbocycles. The molecule has 0 atom stereocenters. The fourth-order valence-electron chi connectivity index (χ4n) is 2.36. The highest BCUT2D eigenvalue weighted by molar-refractivity contribution is 7.16. The van der Waals surface area contributed by atoms with E-state index in [9.17, 15) is 4.79 Å². The van der Waals surface area contributed by atoms with E-state index in [0.29, 0.717) is 18.7 Å². The van der Waals surface area contributed by atoms with E-state index in [-0.39, 0.29) is 5.97 Å². The molecule has 6 heteroatoms. The molecule has 118 valence electrons. The molecule has 2 rings (SSSR count). The first-order valence-electron chi connectivity index (χ1n) is 7.18. The summed E-state index contributed by atoms with van der Waals surface area (Å²) in [5, 5.41) is 4.04. The molecule has 0 amide bonds. The standard InChI is InChI=1S/C16H21N3O2S/c1-6-8-17-16-19-14(11(5)22-16)13-9(3)12(10(4)18-13)15(20)21-7-2/h6,18H,1,7-8H2,2-5H3,(H,17,19). The Morgan fingerprint density at radius 2 is 2.18 bits per heavy atom. The zero-order chi connectivity index (χ0) is 16.3. The molecule has 2 aromatic heterocycles. The summed E-state index contributed by atoms with van der Waals surface area (Å²) in [6, 6.07) is 0. The number of thiazole rings is 1. The topological polar surface area (TPSA) is 67.0 Å². The Hall–Kier alpha value is -2.08. The number of nitrogens with zero attached hydrogens (tertiary/aromatic N) is 1. The second-order valence-corrected chi connectivity index (χ2v) is 6.14. The monoisotopic (exact) mass is 319 g/mol. The third-order valence-corrected chi connectivity index (χ3v) is 4.28. The number of esters is 1. The number of hydrogen-bond acceptors (Lipinski definition) is 5. The van der Waals surface area contributed by atoms with Crippen LogP contribution in [0.1, 0.15) is 33.4 Å². The quantitative estimate of drug-likeness (QED) is 0.627. The van der Waals surface area contributed by atoms with E-state index < -0.39 is 0 Å². The summed E-state index contributed by atoms with van der Waals surface area (Å²) in [5.41, 5.74) is 4.03. The van der Waals surface area contributed by atoms with Crippen molar-refractivity contribution in [2.75, 3.05) is 18.5 Å². The Labute approximate surface area is 134 Å². The molecular formula is C16H21N3O2S. The number of aromatic nitrogens is 2. The highest BCUT2D eigenvalue weighted by Gasteiger charge is 2.22. The Balaban J connectivity index is 2.41. The number of carbonyl (C=O) groups excluding carboxylic acids is 1. The van der Waals surface area contributed by atoms with Crippen molar-refractivity contribution in [3.63, 3.8) is 0 Å². The molecule has 2 N–H and O–H groups in total. The fraction of sp³-hybridized carbons (Fsp3) is 0.375. The summed E-state index contributed by atoms with van der Waals surface area (Å²) >= 11 is 1.59. The number of ether oxygens (including phenoxy) is 1. The lowest BCUT2D eigenvalue weighted by atomic mass is 10.1. The van der Waals surface area contributed by atoms with Gasteiger partial charge >= 0.3 is 5.97 Å². The number of hydrogen-bond donors (Lipinski definition) is 2. The number of carbonyl (C=O) groups is 1. The van der Waals surface area contributed by atoms with Gasteiger partial charge in [-0.15, -0.1) is 17.9 Å². The van der Waals surface area contributed by atoms with Gasteiger partial charge in [0.2, 0.25) is 0 Å². The third kappa shape index (κ3) is 3.06. The number of nitrogens with one attached hydrogen (secondary N) is 2. The van der Waals surface area contributed by atoms with Crippen molar-refractivity contribution in [2.24, 2.45) is 0 Å². The van der Waals surface area contributed by atoms with Gasteiger partial charge in [-0.05, 0) is 33.3 Å². The lowest BCUT2D eigenvalue weighted by Gasteiger charge is -2.02. The Morgan fingerprint density at radius 3 is 2.82 bits per heavy atom. The molecule has 0 unspecified atom stereocenters. The van der Waals surface area contributed by atoms with Gasteiger partial charge in [0.05, 0.1) is 17.9 Å². The predicted molar refractivity (Wildman–Crippen MR) is 90.8 cm³/mol. The first-order chi connectivity index (χ1) is 10.5. The largest absolute Gasteiger partial charge is 0.462 e. The van der Waals surface area contributed by atoms with E-state index in [2.05, 4.69) is 21.9 Å². The summed E-state index contributed by atoms with van der Waals surface area (Å²) in [5.74, 6) is -0.294. The van der Waals surface area contributed by atoms with Crippen LogP contribution in [-0.2, 0) is 4.74 Å². The summed E-state index contributed by atoms with van der Waals surface area (Å²) < 4.78 is 5.13. The number of aryl methyl sites for hydroxylation is 2. The summed E-state index contributed by atoms with van der Waals surface area (Å²) in [7, 11) is 0. The van der Waals surface area contributed by atoms with Crippen molar-refractivity contribution in [3.8, 4) is 11.4 Å². The maximum Gasteiger partial charge on any atom is 0.340 e. The van der Waals surface area contributed by atoms with E-state index in [1.165, 1.54) is 0 Å². The number of aromatic amines is 1. The molecule has 2 aromatic rings. The SMILES string of the molecule is C=CCNc1nc(-c2[nH]c(C)c(C(=O)OCC)c2C)c(C)s1. The van der Waals surface area contributed by atoms with Crippen molar-refractivity contribution < 1.29 is 9.53 Å². The molecule has 2 heterocycles. The molecular weight excluding hydrogens is 298 g/mol. The second kappa shape index (κ2) is 6.79. The van der Waals surface area contributed by atoms with Gasteiger partial charge < -0.3 is 15.0 Å². The van der Waals surface area contributed by atoms with Crippen LogP contribution in [0, 0.1) is 20.8 Å². The maximum atomic E-state index is 12.1. The maximum absolute atomic E-state index is 12.1. The van der Waals surface area contributed by atoms with Gasteiger partial charge in [-0.25, -0.2) is 9.78 Å².